The highest BCUT2D eigenvalue weighted by Gasteiger charge is 2.24. The SMILES string of the molecule is COC(=O)C(C)CC(O)c1ccccc1[N+](=O)[O-]. The van der Waals surface area contributed by atoms with Crippen molar-refractivity contribution in [3.8, 4) is 0 Å². The van der Waals surface area contributed by atoms with Gasteiger partial charge in [0.2, 0.25) is 0 Å². The molecule has 1 aromatic carbocycles. The highest BCUT2D eigenvalue weighted by molar-refractivity contribution is 5.71. The van der Waals surface area contributed by atoms with Crippen LogP contribution in [0.3, 0.4) is 0 Å². The molecule has 0 aliphatic carbocycles. The average Bonchev–Trinajstić information content (AvgIpc) is 2.37. The first-order chi connectivity index (χ1) is 8.47. The normalized spacial score (nSPS) is 13.7. The minimum absolute atomic E-state index is 0.0809. The number of para-hydroxylation sites is 1. The van der Waals surface area contributed by atoms with Gasteiger partial charge in [0.1, 0.15) is 0 Å². The Morgan fingerprint density at radius 3 is 2.67 bits per heavy atom. The van der Waals surface area contributed by atoms with Gasteiger partial charge in [-0.05, 0) is 12.5 Å². The van der Waals surface area contributed by atoms with Gasteiger partial charge in [0.25, 0.3) is 5.69 Å². The second-order valence-electron chi connectivity index (χ2n) is 3.99. The largest absolute Gasteiger partial charge is 0.469 e. The number of carbonyl (C=O) groups is 1. The Kier molecular flexibility index (Phi) is 4.79. The third-order valence-electron chi connectivity index (χ3n) is 2.67. The maximum atomic E-state index is 11.2. The standard InChI is InChI=1S/C12H15NO5/c1-8(12(15)18-2)7-11(14)9-5-3-4-6-10(9)13(16)17/h3-6,8,11,14H,7H2,1-2H3. The van der Waals surface area contributed by atoms with Crippen LogP contribution in [0.25, 0.3) is 0 Å². The number of aliphatic hydroxyl groups excluding tert-OH is 1. The molecule has 1 N–H and O–H groups in total. The van der Waals surface area contributed by atoms with Crippen molar-refractivity contribution < 1.29 is 19.6 Å². The van der Waals surface area contributed by atoms with Crippen LogP contribution in [0.15, 0.2) is 24.3 Å². The fourth-order valence-electron chi connectivity index (χ4n) is 1.69. The van der Waals surface area contributed by atoms with Gasteiger partial charge in [-0.2, -0.15) is 0 Å². The van der Waals surface area contributed by atoms with Crippen LogP contribution in [0.4, 0.5) is 5.69 Å². The van der Waals surface area contributed by atoms with Crippen LogP contribution in [0.5, 0.6) is 0 Å². The van der Waals surface area contributed by atoms with E-state index in [0.29, 0.717) is 0 Å². The molecular formula is C12H15NO5. The quantitative estimate of drug-likeness (QED) is 0.491. The number of hydrogen-bond acceptors (Lipinski definition) is 5. The molecule has 0 aliphatic heterocycles. The maximum absolute atomic E-state index is 11.2. The van der Waals surface area contributed by atoms with Crippen LogP contribution in [0, 0.1) is 16.0 Å². The van der Waals surface area contributed by atoms with E-state index in [4.69, 9.17) is 0 Å². The summed E-state index contributed by atoms with van der Waals surface area (Å²) in [5.41, 5.74) is 0.0559. The van der Waals surface area contributed by atoms with E-state index in [2.05, 4.69) is 4.74 Å². The van der Waals surface area contributed by atoms with Crippen LogP contribution in [0.1, 0.15) is 25.0 Å². The Hall–Kier alpha value is -1.95. The first-order valence-corrected chi connectivity index (χ1v) is 5.46. The van der Waals surface area contributed by atoms with Crippen LogP contribution < -0.4 is 0 Å². The van der Waals surface area contributed by atoms with Gasteiger partial charge in [-0.25, -0.2) is 0 Å². The van der Waals surface area contributed by atoms with Crippen molar-refractivity contribution in [2.45, 2.75) is 19.4 Å². The fraction of sp³-hybridized carbons (Fsp3) is 0.417. The maximum Gasteiger partial charge on any atom is 0.308 e. The minimum Gasteiger partial charge on any atom is -0.469 e. The number of nitro groups is 1. The summed E-state index contributed by atoms with van der Waals surface area (Å²) in [4.78, 5) is 21.5. The number of ether oxygens (including phenoxy) is 1. The van der Waals surface area contributed by atoms with Crippen molar-refractivity contribution >= 4 is 11.7 Å². The topological polar surface area (TPSA) is 89.7 Å². The summed E-state index contributed by atoms with van der Waals surface area (Å²) in [7, 11) is 1.26. The van der Waals surface area contributed by atoms with Crippen molar-refractivity contribution in [3.63, 3.8) is 0 Å². The zero-order chi connectivity index (χ0) is 13.7. The van der Waals surface area contributed by atoms with E-state index in [9.17, 15) is 20.0 Å². The number of nitro benzene ring substituents is 1. The van der Waals surface area contributed by atoms with Crippen molar-refractivity contribution in [2.75, 3.05) is 7.11 Å². The van der Waals surface area contributed by atoms with E-state index in [1.54, 1.807) is 13.0 Å². The van der Waals surface area contributed by atoms with Crippen molar-refractivity contribution in [1.29, 1.82) is 0 Å². The summed E-state index contributed by atoms with van der Waals surface area (Å²) < 4.78 is 4.54. The minimum atomic E-state index is -1.07. The summed E-state index contributed by atoms with van der Waals surface area (Å²) in [6.45, 7) is 1.60. The van der Waals surface area contributed by atoms with E-state index in [1.807, 2.05) is 0 Å². The van der Waals surface area contributed by atoms with Crippen LogP contribution in [-0.4, -0.2) is 23.1 Å². The number of nitrogens with zero attached hydrogens (tertiary/aromatic N) is 1. The van der Waals surface area contributed by atoms with Crippen LogP contribution in [-0.2, 0) is 9.53 Å². The molecule has 1 aromatic rings. The third-order valence-corrected chi connectivity index (χ3v) is 2.67. The third kappa shape index (κ3) is 3.27. The van der Waals surface area contributed by atoms with Gasteiger partial charge < -0.3 is 9.84 Å². The molecule has 0 aromatic heterocycles. The molecule has 98 valence electrons. The molecule has 0 heterocycles. The second kappa shape index (κ2) is 6.11. The van der Waals surface area contributed by atoms with Gasteiger partial charge in [0, 0.05) is 6.07 Å². The molecular weight excluding hydrogens is 238 g/mol. The summed E-state index contributed by atoms with van der Waals surface area (Å²) in [6.07, 6.45) is -0.988. The predicted octanol–water partition coefficient (Wildman–Crippen LogP) is 1.83. The molecule has 18 heavy (non-hydrogen) atoms. The molecule has 2 atom stereocenters. The monoisotopic (exact) mass is 253 g/mol. The lowest BCUT2D eigenvalue weighted by atomic mass is 9.97. The summed E-state index contributed by atoms with van der Waals surface area (Å²) in [5.74, 6) is -0.975. The highest BCUT2D eigenvalue weighted by Crippen LogP contribution is 2.29. The van der Waals surface area contributed by atoms with Crippen molar-refractivity contribution in [2.24, 2.45) is 5.92 Å². The molecule has 0 spiro atoms. The molecule has 6 heteroatoms. The van der Waals surface area contributed by atoms with E-state index >= 15 is 0 Å². The van der Waals surface area contributed by atoms with Gasteiger partial charge >= 0.3 is 5.97 Å². The summed E-state index contributed by atoms with van der Waals surface area (Å²) in [6, 6.07) is 5.93. The number of benzene rings is 1. The first kappa shape index (κ1) is 14.1. The Morgan fingerprint density at radius 1 is 1.50 bits per heavy atom. The van der Waals surface area contributed by atoms with E-state index in [0.717, 1.165) is 0 Å². The zero-order valence-electron chi connectivity index (χ0n) is 10.2. The average molecular weight is 253 g/mol. The number of hydrogen-bond donors (Lipinski definition) is 1. The van der Waals surface area contributed by atoms with Gasteiger partial charge in [0.05, 0.1) is 29.6 Å². The first-order valence-electron chi connectivity index (χ1n) is 5.46. The van der Waals surface area contributed by atoms with Gasteiger partial charge in [0.15, 0.2) is 0 Å². The lowest BCUT2D eigenvalue weighted by Gasteiger charge is -2.15. The highest BCUT2D eigenvalue weighted by atomic mass is 16.6. The molecule has 0 aliphatic rings. The van der Waals surface area contributed by atoms with Crippen molar-refractivity contribution in [1.82, 2.24) is 0 Å². The van der Waals surface area contributed by atoms with Gasteiger partial charge in [-0.1, -0.05) is 19.1 Å². The van der Waals surface area contributed by atoms with Gasteiger partial charge in [-0.15, -0.1) is 0 Å². The second-order valence-corrected chi connectivity index (χ2v) is 3.99. The van der Waals surface area contributed by atoms with Crippen molar-refractivity contribution in [3.05, 3.63) is 39.9 Å². The Bertz CT molecular complexity index is 446. The molecule has 0 bridgehead atoms. The van der Waals surface area contributed by atoms with Crippen LogP contribution >= 0.6 is 0 Å². The smallest absolute Gasteiger partial charge is 0.308 e. The summed E-state index contributed by atoms with van der Waals surface area (Å²) in [5, 5.41) is 20.8. The number of aliphatic hydroxyl groups is 1. The Morgan fingerprint density at radius 2 is 2.11 bits per heavy atom. The number of carbonyl (C=O) groups excluding carboxylic acids is 1. The molecule has 0 saturated carbocycles. The number of methoxy groups -OCH3 is 1. The molecule has 0 saturated heterocycles. The van der Waals surface area contributed by atoms with E-state index < -0.39 is 22.9 Å². The fourth-order valence-corrected chi connectivity index (χ4v) is 1.69. The molecule has 1 rings (SSSR count). The van der Waals surface area contributed by atoms with E-state index in [-0.39, 0.29) is 17.7 Å². The lowest BCUT2D eigenvalue weighted by molar-refractivity contribution is -0.386. The Balaban J connectivity index is 2.87. The molecule has 0 amide bonds. The van der Waals surface area contributed by atoms with E-state index in [1.165, 1.54) is 25.3 Å². The molecule has 0 radical (unpaired) electrons. The Labute approximate surface area is 104 Å². The predicted molar refractivity (Wildman–Crippen MR) is 63.9 cm³/mol. The van der Waals surface area contributed by atoms with Gasteiger partial charge in [-0.3, -0.25) is 14.9 Å². The molecule has 0 fully saturated rings. The number of rotatable bonds is 5. The summed E-state index contributed by atoms with van der Waals surface area (Å²) >= 11 is 0. The lowest BCUT2D eigenvalue weighted by Crippen LogP contribution is -2.16. The van der Waals surface area contributed by atoms with Crippen LogP contribution in [0.2, 0.25) is 0 Å². The molecule has 2 unspecified atom stereocenters. The number of esters is 1. The molecule has 6 nitrogen and oxygen atoms in total. The zero-order valence-corrected chi connectivity index (χ0v) is 10.2.